The molecule has 0 spiro atoms. The van der Waals surface area contributed by atoms with Crippen LogP contribution in [-0.4, -0.2) is 36.9 Å². The maximum atomic E-state index is 12.4. The Morgan fingerprint density at radius 2 is 1.67 bits per heavy atom. The van der Waals surface area contributed by atoms with Crippen molar-refractivity contribution in [3.63, 3.8) is 0 Å². The predicted octanol–water partition coefficient (Wildman–Crippen LogP) is 2.78. The van der Waals surface area contributed by atoms with Crippen molar-refractivity contribution in [2.45, 2.75) is 52.7 Å². The molecule has 1 rings (SSSR count). The van der Waals surface area contributed by atoms with E-state index >= 15 is 0 Å². The SMILES string of the molecule is CC(C)OP(=O)(COCC1(CO)CC1)OC(C)C. The second-order valence-electron chi connectivity index (χ2n) is 5.55. The first-order valence-corrected chi connectivity index (χ1v) is 8.18. The second kappa shape index (κ2) is 6.49. The molecule has 18 heavy (non-hydrogen) atoms. The monoisotopic (exact) mass is 280 g/mol. The van der Waals surface area contributed by atoms with Gasteiger partial charge in [-0.15, -0.1) is 0 Å². The Bertz CT molecular complexity index is 285. The Balaban J connectivity index is 2.43. The van der Waals surface area contributed by atoms with E-state index in [1.807, 2.05) is 27.7 Å². The smallest absolute Gasteiger partial charge is 0.356 e. The van der Waals surface area contributed by atoms with Crippen LogP contribution in [0.15, 0.2) is 0 Å². The van der Waals surface area contributed by atoms with Gasteiger partial charge in [0.1, 0.15) is 6.35 Å². The molecule has 108 valence electrons. The lowest BCUT2D eigenvalue weighted by Gasteiger charge is -2.23. The van der Waals surface area contributed by atoms with E-state index in [1.165, 1.54) is 0 Å². The van der Waals surface area contributed by atoms with Crippen molar-refractivity contribution in [1.82, 2.24) is 0 Å². The van der Waals surface area contributed by atoms with E-state index in [1.54, 1.807) is 0 Å². The van der Waals surface area contributed by atoms with Gasteiger partial charge in [0.25, 0.3) is 0 Å². The molecule has 1 aliphatic rings. The molecule has 0 bridgehead atoms. The average molecular weight is 280 g/mol. The molecule has 0 aromatic heterocycles. The van der Waals surface area contributed by atoms with Gasteiger partial charge in [0, 0.05) is 5.41 Å². The van der Waals surface area contributed by atoms with E-state index in [2.05, 4.69) is 0 Å². The quantitative estimate of drug-likeness (QED) is 0.658. The molecule has 0 amide bonds. The van der Waals surface area contributed by atoms with Crippen LogP contribution in [0.3, 0.4) is 0 Å². The molecule has 1 fully saturated rings. The molecule has 5 nitrogen and oxygen atoms in total. The first-order chi connectivity index (χ1) is 8.31. The molecular weight excluding hydrogens is 255 g/mol. The molecule has 1 N–H and O–H groups in total. The summed E-state index contributed by atoms with van der Waals surface area (Å²) in [6, 6.07) is 0. The largest absolute Gasteiger partial charge is 0.396 e. The summed E-state index contributed by atoms with van der Waals surface area (Å²) in [5.41, 5.74) is -0.111. The van der Waals surface area contributed by atoms with Crippen molar-refractivity contribution in [1.29, 1.82) is 0 Å². The van der Waals surface area contributed by atoms with E-state index in [0.29, 0.717) is 6.61 Å². The molecular formula is C12H25O5P. The van der Waals surface area contributed by atoms with Crippen LogP contribution in [0, 0.1) is 5.41 Å². The Hall–Kier alpha value is 0.0700. The van der Waals surface area contributed by atoms with Gasteiger partial charge in [0.2, 0.25) is 0 Å². The van der Waals surface area contributed by atoms with Gasteiger partial charge in [0.15, 0.2) is 0 Å². The zero-order valence-corrected chi connectivity index (χ0v) is 12.6. The van der Waals surface area contributed by atoms with Crippen molar-refractivity contribution < 1.29 is 23.5 Å². The zero-order chi connectivity index (χ0) is 13.8. The fourth-order valence-corrected chi connectivity index (χ4v) is 3.40. The van der Waals surface area contributed by atoms with Crippen molar-refractivity contribution in [3.05, 3.63) is 0 Å². The molecule has 0 radical (unpaired) electrons. The normalized spacial score (nSPS) is 18.6. The Labute approximate surface area is 109 Å². The van der Waals surface area contributed by atoms with Crippen LogP contribution in [0.2, 0.25) is 0 Å². The number of ether oxygens (including phenoxy) is 1. The topological polar surface area (TPSA) is 65.0 Å². The summed E-state index contributed by atoms with van der Waals surface area (Å²) in [6.45, 7) is 7.78. The molecule has 1 aliphatic carbocycles. The Morgan fingerprint density at radius 1 is 1.17 bits per heavy atom. The molecule has 0 aliphatic heterocycles. The first kappa shape index (κ1) is 16.1. The summed E-state index contributed by atoms with van der Waals surface area (Å²) in [6.07, 6.45) is 1.52. The highest BCUT2D eigenvalue weighted by molar-refractivity contribution is 7.53. The lowest BCUT2D eigenvalue weighted by Crippen LogP contribution is -2.17. The molecule has 0 saturated heterocycles. The van der Waals surface area contributed by atoms with Crippen molar-refractivity contribution in [3.8, 4) is 0 Å². The number of hydrogen-bond donors (Lipinski definition) is 1. The van der Waals surface area contributed by atoms with Crippen LogP contribution < -0.4 is 0 Å². The third-order valence-electron chi connectivity index (χ3n) is 2.69. The minimum atomic E-state index is -3.20. The van der Waals surface area contributed by atoms with E-state index < -0.39 is 7.60 Å². The van der Waals surface area contributed by atoms with E-state index in [0.717, 1.165) is 12.8 Å². The highest BCUT2D eigenvalue weighted by Gasteiger charge is 2.43. The van der Waals surface area contributed by atoms with Gasteiger partial charge >= 0.3 is 7.60 Å². The number of aliphatic hydroxyl groups excluding tert-OH is 1. The molecule has 0 unspecified atom stereocenters. The molecule has 0 aromatic carbocycles. The van der Waals surface area contributed by atoms with E-state index in [-0.39, 0.29) is 30.6 Å². The van der Waals surface area contributed by atoms with Crippen LogP contribution in [0.25, 0.3) is 0 Å². The number of hydrogen-bond acceptors (Lipinski definition) is 5. The van der Waals surface area contributed by atoms with Gasteiger partial charge < -0.3 is 18.9 Å². The highest BCUT2D eigenvalue weighted by Crippen LogP contribution is 2.52. The van der Waals surface area contributed by atoms with Crippen LogP contribution in [-0.2, 0) is 18.3 Å². The average Bonchev–Trinajstić information content (AvgIpc) is 2.95. The highest BCUT2D eigenvalue weighted by atomic mass is 31.2. The lowest BCUT2D eigenvalue weighted by atomic mass is 10.1. The minimum Gasteiger partial charge on any atom is -0.396 e. The summed E-state index contributed by atoms with van der Waals surface area (Å²) in [5.74, 6) is 0. The fourth-order valence-electron chi connectivity index (χ4n) is 1.63. The fraction of sp³-hybridized carbons (Fsp3) is 1.00. The van der Waals surface area contributed by atoms with Crippen LogP contribution >= 0.6 is 7.60 Å². The molecule has 0 aromatic rings. The summed E-state index contributed by atoms with van der Waals surface area (Å²) in [7, 11) is -3.20. The van der Waals surface area contributed by atoms with Gasteiger partial charge in [-0.05, 0) is 40.5 Å². The summed E-state index contributed by atoms with van der Waals surface area (Å²) >= 11 is 0. The maximum absolute atomic E-state index is 12.4. The van der Waals surface area contributed by atoms with Crippen LogP contribution in [0.4, 0.5) is 0 Å². The standard InChI is InChI=1S/C12H25O5P/c1-10(2)16-18(14,17-11(3)4)9-15-8-12(7-13)5-6-12/h10-11,13H,5-9H2,1-4H3. The van der Waals surface area contributed by atoms with Crippen molar-refractivity contribution >= 4 is 7.60 Å². The van der Waals surface area contributed by atoms with Gasteiger partial charge in [-0.1, -0.05) is 0 Å². The molecule has 1 saturated carbocycles. The predicted molar refractivity (Wildman–Crippen MR) is 69.6 cm³/mol. The van der Waals surface area contributed by atoms with Crippen molar-refractivity contribution in [2.75, 3.05) is 19.6 Å². The first-order valence-electron chi connectivity index (χ1n) is 6.45. The third kappa shape index (κ3) is 5.37. The lowest BCUT2D eigenvalue weighted by molar-refractivity contribution is 0.0598. The number of rotatable bonds is 9. The molecule has 0 heterocycles. The van der Waals surface area contributed by atoms with E-state index in [9.17, 15) is 4.57 Å². The molecule has 6 heteroatoms. The van der Waals surface area contributed by atoms with E-state index in [4.69, 9.17) is 18.9 Å². The van der Waals surface area contributed by atoms with Gasteiger partial charge in [-0.2, -0.15) is 0 Å². The van der Waals surface area contributed by atoms with Gasteiger partial charge in [-0.3, -0.25) is 4.57 Å². The van der Waals surface area contributed by atoms with Gasteiger partial charge in [-0.25, -0.2) is 0 Å². The molecule has 0 atom stereocenters. The summed E-state index contributed by atoms with van der Waals surface area (Å²) < 4.78 is 28.6. The summed E-state index contributed by atoms with van der Waals surface area (Å²) in [5, 5.41) is 9.17. The van der Waals surface area contributed by atoms with Gasteiger partial charge in [0.05, 0.1) is 25.4 Å². The maximum Gasteiger partial charge on any atom is 0.356 e. The third-order valence-corrected chi connectivity index (χ3v) is 4.68. The second-order valence-corrected chi connectivity index (χ2v) is 7.46. The van der Waals surface area contributed by atoms with Crippen LogP contribution in [0.1, 0.15) is 40.5 Å². The zero-order valence-electron chi connectivity index (χ0n) is 11.7. The Kier molecular flexibility index (Phi) is 5.81. The minimum absolute atomic E-state index is 0.0505. The Morgan fingerprint density at radius 3 is 2.00 bits per heavy atom. The number of aliphatic hydroxyl groups is 1. The van der Waals surface area contributed by atoms with Crippen LogP contribution in [0.5, 0.6) is 0 Å². The summed E-state index contributed by atoms with van der Waals surface area (Å²) in [4.78, 5) is 0. The van der Waals surface area contributed by atoms with Crippen molar-refractivity contribution in [2.24, 2.45) is 5.41 Å².